The van der Waals surface area contributed by atoms with E-state index in [1.807, 2.05) is 24.3 Å². The van der Waals surface area contributed by atoms with Gasteiger partial charge in [-0.05, 0) is 79.8 Å². The number of amides is 2. The summed E-state index contributed by atoms with van der Waals surface area (Å²) in [4.78, 5) is 25.8. The molecule has 2 fully saturated rings. The molecule has 3 atom stereocenters. The van der Waals surface area contributed by atoms with Gasteiger partial charge in [-0.2, -0.15) is 0 Å². The first-order chi connectivity index (χ1) is 17.7. The maximum atomic E-state index is 12.2. The fourth-order valence-electron chi connectivity index (χ4n) is 5.85. The molecule has 3 N–H and O–H groups in total. The Bertz CT molecular complexity index is 1160. The van der Waals surface area contributed by atoms with E-state index in [0.29, 0.717) is 31.7 Å². The molecule has 8 heteroatoms. The van der Waals surface area contributed by atoms with E-state index in [4.69, 9.17) is 14.6 Å². The van der Waals surface area contributed by atoms with Gasteiger partial charge in [0.1, 0.15) is 5.75 Å². The SMILES string of the molecule is CC1(C2(C)CC(C3OCc4cc(-c5ccc(C(=O)NCCCO)cc5)ccc4O3)CCN2C(=O)O)CC1. The van der Waals surface area contributed by atoms with E-state index in [9.17, 15) is 14.7 Å². The van der Waals surface area contributed by atoms with Gasteiger partial charge in [0.2, 0.25) is 6.29 Å². The van der Waals surface area contributed by atoms with E-state index in [-0.39, 0.29) is 30.1 Å². The number of carboxylic acid groups (broad SMARTS) is 1. The monoisotopic (exact) mass is 508 g/mol. The molecule has 5 rings (SSSR count). The third-order valence-electron chi connectivity index (χ3n) is 8.70. The lowest BCUT2D eigenvalue weighted by molar-refractivity contribution is -0.163. The van der Waals surface area contributed by atoms with E-state index in [1.165, 1.54) is 0 Å². The van der Waals surface area contributed by atoms with Crippen molar-refractivity contribution >= 4 is 12.0 Å². The highest BCUT2D eigenvalue weighted by Gasteiger charge is 2.60. The van der Waals surface area contributed by atoms with Gasteiger partial charge < -0.3 is 29.9 Å². The molecule has 3 aliphatic rings. The number of nitrogens with zero attached hydrogens (tertiary/aromatic N) is 1. The number of fused-ring (bicyclic) bond motifs is 1. The Hall–Kier alpha value is -3.10. The molecule has 8 nitrogen and oxygen atoms in total. The molecule has 0 radical (unpaired) electrons. The molecule has 1 saturated carbocycles. The number of carbonyl (C=O) groups is 2. The summed E-state index contributed by atoms with van der Waals surface area (Å²) in [5.41, 5.74) is 3.16. The zero-order valence-electron chi connectivity index (χ0n) is 21.5. The topological polar surface area (TPSA) is 108 Å². The van der Waals surface area contributed by atoms with Crippen molar-refractivity contribution in [2.24, 2.45) is 11.3 Å². The number of nitrogens with one attached hydrogen (secondary N) is 1. The Morgan fingerprint density at radius 2 is 1.84 bits per heavy atom. The number of hydrogen-bond acceptors (Lipinski definition) is 5. The van der Waals surface area contributed by atoms with Crippen molar-refractivity contribution in [1.29, 1.82) is 0 Å². The summed E-state index contributed by atoms with van der Waals surface area (Å²) in [7, 11) is 0. The Balaban J connectivity index is 1.26. The van der Waals surface area contributed by atoms with Crippen LogP contribution in [0.3, 0.4) is 0 Å². The Kier molecular flexibility index (Phi) is 6.89. The molecule has 0 aromatic heterocycles. The van der Waals surface area contributed by atoms with E-state index in [1.54, 1.807) is 17.0 Å². The summed E-state index contributed by atoms with van der Waals surface area (Å²) in [5, 5.41) is 21.5. The molecule has 1 aliphatic carbocycles. The molecular weight excluding hydrogens is 472 g/mol. The third-order valence-corrected chi connectivity index (χ3v) is 8.70. The molecule has 0 spiro atoms. The second kappa shape index (κ2) is 9.99. The molecule has 2 aromatic carbocycles. The number of aliphatic hydroxyl groups excluding tert-OH is 1. The van der Waals surface area contributed by atoms with Gasteiger partial charge in [0.15, 0.2) is 0 Å². The van der Waals surface area contributed by atoms with E-state index in [2.05, 4.69) is 25.2 Å². The summed E-state index contributed by atoms with van der Waals surface area (Å²) in [5.74, 6) is 0.779. The van der Waals surface area contributed by atoms with Crippen LogP contribution < -0.4 is 10.1 Å². The van der Waals surface area contributed by atoms with Crippen molar-refractivity contribution in [3.05, 3.63) is 53.6 Å². The average Bonchev–Trinajstić information content (AvgIpc) is 3.67. The normalized spacial score (nSPS) is 26.1. The lowest BCUT2D eigenvalue weighted by Crippen LogP contribution is -2.60. The van der Waals surface area contributed by atoms with Crippen LogP contribution in [0.2, 0.25) is 0 Å². The van der Waals surface area contributed by atoms with E-state index < -0.39 is 11.6 Å². The van der Waals surface area contributed by atoms with Crippen molar-refractivity contribution in [3.63, 3.8) is 0 Å². The number of hydrogen-bond donors (Lipinski definition) is 3. The number of ether oxygens (including phenoxy) is 2. The zero-order valence-corrected chi connectivity index (χ0v) is 21.5. The number of aliphatic hydroxyl groups is 1. The zero-order chi connectivity index (χ0) is 26.2. The van der Waals surface area contributed by atoms with Crippen molar-refractivity contribution in [3.8, 4) is 16.9 Å². The van der Waals surface area contributed by atoms with Gasteiger partial charge in [-0.25, -0.2) is 4.79 Å². The highest BCUT2D eigenvalue weighted by Crippen LogP contribution is 2.60. The first kappa shape index (κ1) is 25.5. The number of rotatable bonds is 7. The Morgan fingerprint density at radius 3 is 2.51 bits per heavy atom. The van der Waals surface area contributed by atoms with Crippen LogP contribution in [0, 0.1) is 11.3 Å². The Labute approximate surface area is 217 Å². The molecule has 0 bridgehead atoms. The van der Waals surface area contributed by atoms with Gasteiger partial charge in [0, 0.05) is 42.3 Å². The Morgan fingerprint density at radius 1 is 1.11 bits per heavy atom. The van der Waals surface area contributed by atoms with Gasteiger partial charge in [-0.15, -0.1) is 0 Å². The van der Waals surface area contributed by atoms with Crippen LogP contribution in [0.4, 0.5) is 4.79 Å². The van der Waals surface area contributed by atoms with Gasteiger partial charge in [-0.1, -0.05) is 25.1 Å². The predicted octanol–water partition coefficient (Wildman–Crippen LogP) is 4.65. The molecule has 37 heavy (non-hydrogen) atoms. The van der Waals surface area contributed by atoms with Gasteiger partial charge in [-0.3, -0.25) is 4.79 Å². The third kappa shape index (κ3) is 4.92. The van der Waals surface area contributed by atoms with Crippen LogP contribution in [0.25, 0.3) is 11.1 Å². The molecule has 198 valence electrons. The quantitative estimate of drug-likeness (QED) is 0.470. The average molecular weight is 509 g/mol. The number of benzene rings is 2. The first-order valence-corrected chi connectivity index (χ1v) is 13.2. The van der Waals surface area contributed by atoms with Gasteiger partial charge in [0.05, 0.1) is 6.61 Å². The van der Waals surface area contributed by atoms with Crippen LogP contribution in [-0.2, 0) is 11.3 Å². The highest BCUT2D eigenvalue weighted by molar-refractivity contribution is 5.94. The number of piperidine rings is 1. The van der Waals surface area contributed by atoms with Gasteiger partial charge >= 0.3 is 6.09 Å². The minimum absolute atomic E-state index is 0.0151. The summed E-state index contributed by atoms with van der Waals surface area (Å²) in [6.45, 7) is 5.71. The maximum absolute atomic E-state index is 12.2. The summed E-state index contributed by atoms with van der Waals surface area (Å²) in [6, 6.07) is 13.5. The first-order valence-electron chi connectivity index (χ1n) is 13.2. The largest absolute Gasteiger partial charge is 0.465 e. The maximum Gasteiger partial charge on any atom is 0.407 e. The standard InChI is InChI=1S/C29H36N2O6/c1-28(11-12-28)29(2)17-22(10-14-31(29)27(34)35)26-36-18-23-16-21(8-9-24(23)37-26)19-4-6-20(7-5-19)25(33)30-13-3-15-32/h4-9,16,22,26,32H,3,10-15,17-18H2,1-2H3,(H,30,33)(H,34,35). The highest BCUT2D eigenvalue weighted by atomic mass is 16.7. The van der Waals surface area contributed by atoms with Crippen LogP contribution in [0.1, 0.15) is 61.9 Å². The minimum Gasteiger partial charge on any atom is -0.465 e. The lowest BCUT2D eigenvalue weighted by Gasteiger charge is -2.51. The molecule has 2 aliphatic heterocycles. The van der Waals surface area contributed by atoms with Crippen molar-refractivity contribution in [1.82, 2.24) is 10.2 Å². The smallest absolute Gasteiger partial charge is 0.407 e. The van der Waals surface area contributed by atoms with Crippen LogP contribution in [0.15, 0.2) is 42.5 Å². The van der Waals surface area contributed by atoms with E-state index in [0.717, 1.165) is 48.1 Å². The lowest BCUT2D eigenvalue weighted by atomic mass is 9.71. The minimum atomic E-state index is -0.840. The fourth-order valence-corrected chi connectivity index (χ4v) is 5.85. The van der Waals surface area contributed by atoms with E-state index >= 15 is 0 Å². The summed E-state index contributed by atoms with van der Waals surface area (Å²) in [6.07, 6.45) is 2.85. The predicted molar refractivity (Wildman–Crippen MR) is 138 cm³/mol. The molecule has 3 unspecified atom stereocenters. The van der Waals surface area contributed by atoms with Crippen molar-refractivity contribution < 1.29 is 29.3 Å². The number of carbonyl (C=O) groups excluding carboxylic acids is 1. The molecular formula is C29H36N2O6. The molecule has 2 aromatic rings. The van der Waals surface area contributed by atoms with Crippen molar-refractivity contribution in [2.75, 3.05) is 19.7 Å². The van der Waals surface area contributed by atoms with Crippen LogP contribution >= 0.6 is 0 Å². The van der Waals surface area contributed by atoms with Gasteiger partial charge in [0.25, 0.3) is 5.91 Å². The van der Waals surface area contributed by atoms with Crippen molar-refractivity contribution in [2.45, 2.75) is 64.4 Å². The van der Waals surface area contributed by atoms with Crippen LogP contribution in [0.5, 0.6) is 5.75 Å². The fraction of sp³-hybridized carbons (Fsp3) is 0.517. The summed E-state index contributed by atoms with van der Waals surface area (Å²) >= 11 is 0. The molecule has 2 amide bonds. The summed E-state index contributed by atoms with van der Waals surface area (Å²) < 4.78 is 12.5. The number of likely N-dealkylation sites (tertiary alicyclic amines) is 1. The second-order valence-electron chi connectivity index (χ2n) is 11.1. The second-order valence-corrected chi connectivity index (χ2v) is 11.1. The molecule has 1 saturated heterocycles. The molecule has 2 heterocycles. The van der Waals surface area contributed by atoms with Crippen LogP contribution in [-0.4, -0.2) is 58.6 Å².